The molecule has 1 heterocycles. The lowest BCUT2D eigenvalue weighted by Gasteiger charge is -2.07. The van der Waals surface area contributed by atoms with Crippen molar-refractivity contribution in [2.75, 3.05) is 11.3 Å². The number of nitrogens with zero attached hydrogens (tertiary/aromatic N) is 2. The molecule has 9 heteroatoms. The molecule has 0 aliphatic heterocycles. The van der Waals surface area contributed by atoms with Crippen molar-refractivity contribution in [3.63, 3.8) is 0 Å². The molecule has 0 radical (unpaired) electrons. The lowest BCUT2D eigenvalue weighted by atomic mass is 10.3. The SMILES string of the molecule is O=S(=O)(Nc1cccc(F)c1F)c1cnn(CCO)c1. The van der Waals surface area contributed by atoms with Crippen LogP contribution in [0.2, 0.25) is 0 Å². The van der Waals surface area contributed by atoms with E-state index < -0.39 is 27.3 Å². The molecule has 0 saturated heterocycles. The summed E-state index contributed by atoms with van der Waals surface area (Å²) in [6.07, 6.45) is 2.23. The summed E-state index contributed by atoms with van der Waals surface area (Å²) in [5.74, 6) is -2.43. The predicted molar refractivity (Wildman–Crippen MR) is 66.5 cm³/mol. The van der Waals surface area contributed by atoms with Crippen molar-refractivity contribution in [3.05, 3.63) is 42.2 Å². The lowest BCUT2D eigenvalue weighted by Crippen LogP contribution is -2.14. The van der Waals surface area contributed by atoms with Gasteiger partial charge in [0.25, 0.3) is 10.0 Å². The van der Waals surface area contributed by atoms with Gasteiger partial charge < -0.3 is 5.11 Å². The molecule has 20 heavy (non-hydrogen) atoms. The first-order valence-corrected chi connectivity index (χ1v) is 7.02. The number of aliphatic hydroxyl groups is 1. The molecule has 0 amide bonds. The van der Waals surface area contributed by atoms with Crippen LogP contribution in [0.25, 0.3) is 0 Å². The van der Waals surface area contributed by atoms with Gasteiger partial charge in [0.05, 0.1) is 25.0 Å². The maximum atomic E-state index is 13.4. The molecule has 2 rings (SSSR count). The molecular formula is C11H11F2N3O3S. The quantitative estimate of drug-likeness (QED) is 0.861. The van der Waals surface area contributed by atoms with Crippen molar-refractivity contribution in [2.24, 2.45) is 0 Å². The highest BCUT2D eigenvalue weighted by Crippen LogP contribution is 2.20. The van der Waals surface area contributed by atoms with E-state index in [0.717, 1.165) is 18.3 Å². The Hall–Kier alpha value is -2.00. The molecule has 0 bridgehead atoms. The number of aromatic nitrogens is 2. The van der Waals surface area contributed by atoms with E-state index in [1.807, 2.05) is 4.72 Å². The molecular weight excluding hydrogens is 292 g/mol. The summed E-state index contributed by atoms with van der Waals surface area (Å²) >= 11 is 0. The Kier molecular flexibility index (Phi) is 4.00. The smallest absolute Gasteiger partial charge is 0.265 e. The molecule has 1 aromatic carbocycles. The fraction of sp³-hybridized carbons (Fsp3) is 0.182. The molecule has 0 spiro atoms. The minimum atomic E-state index is -4.07. The lowest BCUT2D eigenvalue weighted by molar-refractivity contribution is 0.269. The standard InChI is InChI=1S/C11H11F2N3O3S/c12-9-2-1-3-10(11(9)13)15-20(18,19)8-6-14-16(7-8)4-5-17/h1-3,6-7,15,17H,4-5H2. The number of hydrogen-bond acceptors (Lipinski definition) is 4. The minimum absolute atomic E-state index is 0.129. The first-order chi connectivity index (χ1) is 9.44. The number of sulfonamides is 1. The molecule has 0 saturated carbocycles. The third-order valence-electron chi connectivity index (χ3n) is 2.44. The summed E-state index contributed by atoms with van der Waals surface area (Å²) in [6.45, 7) is -0.0725. The third-order valence-corrected chi connectivity index (χ3v) is 3.76. The summed E-state index contributed by atoms with van der Waals surface area (Å²) in [5.41, 5.74) is -0.486. The van der Waals surface area contributed by atoms with Crippen LogP contribution in [0.1, 0.15) is 0 Å². The van der Waals surface area contributed by atoms with Crippen molar-refractivity contribution in [3.8, 4) is 0 Å². The van der Waals surface area contributed by atoms with E-state index in [4.69, 9.17) is 5.11 Å². The molecule has 2 N–H and O–H groups in total. The maximum Gasteiger partial charge on any atom is 0.265 e. The number of anilines is 1. The molecule has 0 aliphatic rings. The number of aliphatic hydroxyl groups excluding tert-OH is 1. The van der Waals surface area contributed by atoms with Gasteiger partial charge in [0.1, 0.15) is 4.90 Å². The number of rotatable bonds is 5. The van der Waals surface area contributed by atoms with Gasteiger partial charge >= 0.3 is 0 Å². The van der Waals surface area contributed by atoms with Crippen LogP contribution in [0.3, 0.4) is 0 Å². The topological polar surface area (TPSA) is 84.2 Å². The van der Waals surface area contributed by atoms with E-state index in [1.165, 1.54) is 16.9 Å². The van der Waals surface area contributed by atoms with E-state index >= 15 is 0 Å². The average Bonchev–Trinajstić information content (AvgIpc) is 2.85. The molecule has 0 unspecified atom stereocenters. The monoisotopic (exact) mass is 303 g/mol. The summed E-state index contributed by atoms with van der Waals surface area (Å²) in [4.78, 5) is -0.213. The first kappa shape index (κ1) is 14.4. The molecule has 2 aromatic rings. The van der Waals surface area contributed by atoms with Gasteiger partial charge in [-0.3, -0.25) is 9.40 Å². The predicted octanol–water partition coefficient (Wildman–Crippen LogP) is 0.954. The highest BCUT2D eigenvalue weighted by molar-refractivity contribution is 7.92. The van der Waals surface area contributed by atoms with Crippen LogP contribution in [0.4, 0.5) is 14.5 Å². The Morgan fingerprint density at radius 3 is 2.80 bits per heavy atom. The number of halogens is 2. The Morgan fingerprint density at radius 1 is 1.35 bits per heavy atom. The Balaban J connectivity index is 2.28. The molecule has 0 aliphatic carbocycles. The first-order valence-electron chi connectivity index (χ1n) is 5.54. The highest BCUT2D eigenvalue weighted by Gasteiger charge is 2.19. The fourth-order valence-corrected chi connectivity index (χ4v) is 2.51. The van der Waals surface area contributed by atoms with Gasteiger partial charge in [-0.1, -0.05) is 6.07 Å². The van der Waals surface area contributed by atoms with E-state index in [-0.39, 0.29) is 18.0 Å². The van der Waals surface area contributed by atoms with Crippen LogP contribution < -0.4 is 4.72 Å². The zero-order valence-electron chi connectivity index (χ0n) is 10.1. The normalized spacial score (nSPS) is 11.6. The Morgan fingerprint density at radius 2 is 2.10 bits per heavy atom. The van der Waals surface area contributed by atoms with Crippen molar-refractivity contribution in [1.82, 2.24) is 9.78 Å². The van der Waals surface area contributed by atoms with Gasteiger partial charge in [-0.2, -0.15) is 5.10 Å². The fourth-order valence-electron chi connectivity index (χ4n) is 1.49. The van der Waals surface area contributed by atoms with Crippen molar-refractivity contribution in [1.29, 1.82) is 0 Å². The van der Waals surface area contributed by atoms with E-state index in [9.17, 15) is 17.2 Å². The second-order valence-corrected chi connectivity index (χ2v) is 5.55. The van der Waals surface area contributed by atoms with Crippen molar-refractivity contribution < 1.29 is 22.3 Å². The van der Waals surface area contributed by atoms with Crippen LogP contribution in [-0.4, -0.2) is 29.9 Å². The van der Waals surface area contributed by atoms with Gasteiger partial charge in [-0.05, 0) is 12.1 Å². The van der Waals surface area contributed by atoms with Crippen LogP contribution in [0.15, 0.2) is 35.5 Å². The molecule has 108 valence electrons. The second-order valence-electron chi connectivity index (χ2n) is 3.87. The highest BCUT2D eigenvalue weighted by atomic mass is 32.2. The second kappa shape index (κ2) is 5.55. The summed E-state index contributed by atoms with van der Waals surface area (Å²) in [6, 6.07) is 3.17. The van der Waals surface area contributed by atoms with E-state index in [2.05, 4.69) is 5.10 Å². The van der Waals surface area contributed by atoms with Gasteiger partial charge in [0.15, 0.2) is 11.6 Å². The largest absolute Gasteiger partial charge is 0.394 e. The van der Waals surface area contributed by atoms with Gasteiger partial charge in [0.2, 0.25) is 0 Å². The third kappa shape index (κ3) is 2.94. The van der Waals surface area contributed by atoms with Crippen LogP contribution in [-0.2, 0) is 16.6 Å². The summed E-state index contributed by atoms with van der Waals surface area (Å²) in [5, 5.41) is 12.4. The average molecular weight is 303 g/mol. The number of hydrogen-bond donors (Lipinski definition) is 2. The van der Waals surface area contributed by atoms with Gasteiger partial charge in [-0.15, -0.1) is 0 Å². The number of nitrogens with one attached hydrogen (secondary N) is 1. The summed E-state index contributed by atoms with van der Waals surface area (Å²) in [7, 11) is -4.07. The summed E-state index contributed by atoms with van der Waals surface area (Å²) < 4.78 is 53.5. The molecule has 1 aromatic heterocycles. The van der Waals surface area contributed by atoms with Crippen LogP contribution >= 0.6 is 0 Å². The van der Waals surface area contributed by atoms with Crippen molar-refractivity contribution >= 4 is 15.7 Å². The number of benzene rings is 1. The molecule has 0 atom stereocenters. The zero-order valence-corrected chi connectivity index (χ0v) is 10.9. The maximum absolute atomic E-state index is 13.4. The van der Waals surface area contributed by atoms with E-state index in [1.54, 1.807) is 0 Å². The van der Waals surface area contributed by atoms with Crippen LogP contribution in [0.5, 0.6) is 0 Å². The van der Waals surface area contributed by atoms with Gasteiger partial charge in [-0.25, -0.2) is 17.2 Å². The molecule has 6 nitrogen and oxygen atoms in total. The Labute approximate surface area is 113 Å². The van der Waals surface area contributed by atoms with Crippen molar-refractivity contribution in [2.45, 2.75) is 11.4 Å². The Bertz CT molecular complexity index is 715. The van der Waals surface area contributed by atoms with Crippen LogP contribution in [0, 0.1) is 11.6 Å². The minimum Gasteiger partial charge on any atom is -0.394 e. The van der Waals surface area contributed by atoms with Gasteiger partial charge in [0, 0.05) is 6.20 Å². The van der Waals surface area contributed by atoms with E-state index in [0.29, 0.717) is 0 Å². The molecule has 0 fully saturated rings. The zero-order chi connectivity index (χ0) is 14.8.